The molecule has 0 aliphatic heterocycles. The highest BCUT2D eigenvalue weighted by Gasteiger charge is 2.18. The first-order chi connectivity index (χ1) is 10.3. The number of amides is 1. The lowest BCUT2D eigenvalue weighted by Crippen LogP contribution is -2.38. The Morgan fingerprint density at radius 1 is 0.955 bits per heavy atom. The summed E-state index contributed by atoms with van der Waals surface area (Å²) < 4.78 is 30.5. The van der Waals surface area contributed by atoms with Crippen molar-refractivity contribution in [3.05, 3.63) is 0 Å². The summed E-state index contributed by atoms with van der Waals surface area (Å²) >= 11 is 0. The number of carbonyl (C=O) groups excluding carboxylic acids is 2. The smallest absolute Gasteiger partial charge is 0.266 e. The summed E-state index contributed by atoms with van der Waals surface area (Å²) in [6.45, 7) is 3.87. The molecule has 0 aromatic rings. The van der Waals surface area contributed by atoms with Crippen LogP contribution >= 0.6 is 0 Å². The number of unbranched alkanes of at least 4 members (excludes halogenated alkanes) is 4. The predicted octanol–water partition coefficient (Wildman–Crippen LogP) is 2.43. The first-order valence-electron chi connectivity index (χ1n) is 8.04. The maximum atomic E-state index is 12.1. The number of hydrogen-bond acceptors (Lipinski definition) is 4. The number of rotatable bonds is 13. The van der Waals surface area contributed by atoms with Gasteiger partial charge in [-0.1, -0.05) is 39.5 Å². The van der Waals surface area contributed by atoms with E-state index in [1.165, 1.54) is 4.90 Å². The Balaban J connectivity index is 4.49. The minimum atomic E-state index is -4.14. The number of nitrogens with zero attached hydrogens (tertiary/aromatic N) is 1. The fourth-order valence-corrected chi connectivity index (χ4v) is 2.52. The average molecular weight is 335 g/mol. The van der Waals surface area contributed by atoms with E-state index in [2.05, 4.69) is 0 Å². The molecule has 0 aliphatic rings. The van der Waals surface area contributed by atoms with Crippen molar-refractivity contribution in [2.24, 2.45) is 0 Å². The molecule has 0 radical (unpaired) electrons. The second-order valence-corrected chi connectivity index (χ2v) is 7.13. The van der Waals surface area contributed by atoms with Gasteiger partial charge in [0, 0.05) is 19.4 Å². The van der Waals surface area contributed by atoms with Crippen LogP contribution in [0, 0.1) is 0 Å². The van der Waals surface area contributed by atoms with Gasteiger partial charge in [0.15, 0.2) is 5.78 Å². The average Bonchev–Trinajstić information content (AvgIpc) is 2.42. The van der Waals surface area contributed by atoms with Crippen LogP contribution in [0.5, 0.6) is 0 Å². The highest BCUT2D eigenvalue weighted by atomic mass is 32.2. The number of ketones is 1. The monoisotopic (exact) mass is 335 g/mol. The van der Waals surface area contributed by atoms with E-state index in [4.69, 9.17) is 4.55 Å². The molecule has 1 N–H and O–H groups in total. The molecule has 0 unspecified atom stereocenters. The lowest BCUT2D eigenvalue weighted by molar-refractivity contribution is -0.135. The Hall–Kier alpha value is -0.950. The van der Waals surface area contributed by atoms with Crippen molar-refractivity contribution in [2.45, 2.75) is 65.2 Å². The summed E-state index contributed by atoms with van der Waals surface area (Å²) in [6.07, 6.45) is 6.08. The standard InChI is InChI=1S/C15H29NO5S/c1-3-5-7-9-14(17)13-16(11-12-22(19,20)21)15(18)10-8-6-4-2/h3-13H2,1-2H3,(H,19,20,21). The molecular weight excluding hydrogens is 306 g/mol. The predicted molar refractivity (Wildman–Crippen MR) is 86.3 cm³/mol. The van der Waals surface area contributed by atoms with Crippen molar-refractivity contribution in [1.29, 1.82) is 0 Å². The summed E-state index contributed by atoms with van der Waals surface area (Å²) in [7, 11) is -4.14. The second-order valence-electron chi connectivity index (χ2n) is 5.55. The Morgan fingerprint density at radius 3 is 2.00 bits per heavy atom. The van der Waals surface area contributed by atoms with Crippen LogP contribution in [0.25, 0.3) is 0 Å². The highest BCUT2D eigenvalue weighted by Crippen LogP contribution is 2.06. The van der Waals surface area contributed by atoms with E-state index in [1.54, 1.807) is 0 Å². The van der Waals surface area contributed by atoms with Gasteiger partial charge in [0.25, 0.3) is 10.1 Å². The van der Waals surface area contributed by atoms with E-state index in [1.807, 2.05) is 13.8 Å². The summed E-state index contributed by atoms with van der Waals surface area (Å²) in [5.41, 5.74) is 0. The Bertz CT molecular complexity index is 433. The number of carbonyl (C=O) groups is 2. The van der Waals surface area contributed by atoms with Gasteiger partial charge in [0.2, 0.25) is 5.91 Å². The number of Topliss-reactive ketones (excluding diaryl/α,β-unsaturated/α-hetero) is 1. The Morgan fingerprint density at radius 2 is 1.50 bits per heavy atom. The van der Waals surface area contributed by atoms with Gasteiger partial charge in [-0.15, -0.1) is 0 Å². The number of hydrogen-bond donors (Lipinski definition) is 1. The topological polar surface area (TPSA) is 91.8 Å². The highest BCUT2D eigenvalue weighted by molar-refractivity contribution is 7.85. The van der Waals surface area contributed by atoms with Crippen molar-refractivity contribution >= 4 is 21.8 Å². The molecule has 0 fully saturated rings. The van der Waals surface area contributed by atoms with E-state index in [0.717, 1.165) is 38.5 Å². The van der Waals surface area contributed by atoms with E-state index in [-0.39, 0.29) is 24.8 Å². The molecule has 0 spiro atoms. The van der Waals surface area contributed by atoms with E-state index < -0.39 is 15.9 Å². The molecule has 130 valence electrons. The summed E-state index contributed by atoms with van der Waals surface area (Å²) in [5, 5.41) is 0. The van der Waals surface area contributed by atoms with Crippen LogP contribution in [-0.4, -0.2) is 48.4 Å². The first-order valence-corrected chi connectivity index (χ1v) is 9.65. The molecule has 1 amide bonds. The van der Waals surface area contributed by atoms with E-state index in [0.29, 0.717) is 12.8 Å². The molecular formula is C15H29NO5S. The summed E-state index contributed by atoms with van der Waals surface area (Å²) in [6, 6.07) is 0. The van der Waals surface area contributed by atoms with Gasteiger partial charge >= 0.3 is 0 Å². The van der Waals surface area contributed by atoms with Gasteiger partial charge in [0.05, 0.1) is 12.3 Å². The lowest BCUT2D eigenvalue weighted by Gasteiger charge is -2.21. The van der Waals surface area contributed by atoms with Gasteiger partial charge in [0.1, 0.15) is 0 Å². The zero-order valence-corrected chi connectivity index (χ0v) is 14.5. The minimum Gasteiger partial charge on any atom is -0.334 e. The first kappa shape index (κ1) is 21.0. The lowest BCUT2D eigenvalue weighted by atomic mass is 10.1. The molecule has 0 aliphatic carbocycles. The van der Waals surface area contributed by atoms with Crippen LogP contribution in [0.2, 0.25) is 0 Å². The van der Waals surface area contributed by atoms with Crippen molar-refractivity contribution in [1.82, 2.24) is 4.90 Å². The van der Waals surface area contributed by atoms with Crippen LogP contribution < -0.4 is 0 Å². The van der Waals surface area contributed by atoms with Crippen LogP contribution in [0.15, 0.2) is 0 Å². The molecule has 0 saturated carbocycles. The van der Waals surface area contributed by atoms with Gasteiger partial charge in [-0.05, 0) is 12.8 Å². The quantitative estimate of drug-likeness (QED) is 0.412. The Labute approximate surface area is 134 Å². The minimum absolute atomic E-state index is 0.0624. The Kier molecular flexibility index (Phi) is 11.1. The zero-order valence-electron chi connectivity index (χ0n) is 13.7. The fourth-order valence-electron chi connectivity index (χ4n) is 2.07. The third-order valence-corrected chi connectivity index (χ3v) is 4.09. The van der Waals surface area contributed by atoms with Gasteiger partial charge in [-0.3, -0.25) is 14.1 Å². The van der Waals surface area contributed by atoms with E-state index in [9.17, 15) is 18.0 Å². The molecule has 0 atom stereocenters. The maximum absolute atomic E-state index is 12.1. The molecule has 22 heavy (non-hydrogen) atoms. The largest absolute Gasteiger partial charge is 0.334 e. The van der Waals surface area contributed by atoms with Gasteiger partial charge < -0.3 is 4.90 Å². The van der Waals surface area contributed by atoms with Crippen molar-refractivity contribution < 1.29 is 22.6 Å². The molecule has 0 rings (SSSR count). The van der Waals surface area contributed by atoms with Crippen LogP contribution in [-0.2, 0) is 19.7 Å². The van der Waals surface area contributed by atoms with Crippen LogP contribution in [0.4, 0.5) is 0 Å². The van der Waals surface area contributed by atoms with Gasteiger partial charge in [-0.25, -0.2) is 0 Å². The third-order valence-electron chi connectivity index (χ3n) is 3.39. The molecule has 0 bridgehead atoms. The molecule has 0 heterocycles. The molecule has 0 aromatic heterocycles. The normalized spacial score (nSPS) is 11.4. The molecule has 0 aromatic carbocycles. The van der Waals surface area contributed by atoms with Gasteiger partial charge in [-0.2, -0.15) is 8.42 Å². The van der Waals surface area contributed by atoms with Crippen LogP contribution in [0.1, 0.15) is 65.2 Å². The van der Waals surface area contributed by atoms with Crippen molar-refractivity contribution in [2.75, 3.05) is 18.8 Å². The third kappa shape index (κ3) is 11.7. The fraction of sp³-hybridized carbons (Fsp3) is 0.867. The van der Waals surface area contributed by atoms with Crippen molar-refractivity contribution in [3.63, 3.8) is 0 Å². The summed E-state index contributed by atoms with van der Waals surface area (Å²) in [5.74, 6) is -0.817. The maximum Gasteiger partial charge on any atom is 0.266 e. The molecule has 7 heteroatoms. The van der Waals surface area contributed by atoms with E-state index >= 15 is 0 Å². The van der Waals surface area contributed by atoms with Crippen molar-refractivity contribution in [3.8, 4) is 0 Å². The summed E-state index contributed by atoms with van der Waals surface area (Å²) in [4.78, 5) is 25.2. The zero-order chi connectivity index (χ0) is 17.0. The molecule has 0 saturated heterocycles. The SMILES string of the molecule is CCCCCC(=O)CN(CCS(=O)(=O)O)C(=O)CCCCC. The molecule has 6 nitrogen and oxygen atoms in total. The second kappa shape index (κ2) is 11.6. The van der Waals surface area contributed by atoms with Crippen LogP contribution in [0.3, 0.4) is 0 Å².